The number of carbonyl (C=O) groups is 1. The van der Waals surface area contributed by atoms with Gasteiger partial charge in [0, 0.05) is 11.6 Å². The highest BCUT2D eigenvalue weighted by molar-refractivity contribution is 5.75. The van der Waals surface area contributed by atoms with Crippen molar-refractivity contribution in [2.75, 3.05) is 14.2 Å². The molecule has 0 saturated carbocycles. The maximum absolute atomic E-state index is 11.1. The van der Waals surface area contributed by atoms with Gasteiger partial charge in [0.15, 0.2) is 0 Å². The van der Waals surface area contributed by atoms with Crippen LogP contribution in [-0.4, -0.2) is 30.4 Å². The molecule has 1 rings (SSSR count). The lowest BCUT2D eigenvalue weighted by Crippen LogP contribution is -2.31. The van der Waals surface area contributed by atoms with Gasteiger partial charge in [-0.3, -0.25) is 4.79 Å². The van der Waals surface area contributed by atoms with Crippen molar-refractivity contribution in [1.82, 2.24) is 0 Å². The van der Waals surface area contributed by atoms with E-state index in [-0.39, 0.29) is 0 Å². The van der Waals surface area contributed by atoms with Gasteiger partial charge in [-0.1, -0.05) is 0 Å². The van der Waals surface area contributed by atoms with Crippen LogP contribution < -0.4 is 9.47 Å². The molecule has 5 nitrogen and oxygen atoms in total. The molecule has 0 aliphatic rings. The first-order valence-electron chi connectivity index (χ1n) is 5.48. The molecule has 0 bridgehead atoms. The molecule has 1 unspecified atom stereocenters. The molecule has 0 aliphatic carbocycles. The predicted octanol–water partition coefficient (Wildman–Crippen LogP) is 1.85. The smallest absolute Gasteiger partial charge is 0.312 e. The predicted molar refractivity (Wildman–Crippen MR) is 65.9 cm³/mol. The van der Waals surface area contributed by atoms with Crippen LogP contribution in [-0.2, 0) is 4.79 Å². The van der Waals surface area contributed by atoms with Crippen LogP contribution in [0.2, 0.25) is 0 Å². The van der Waals surface area contributed by atoms with Crippen molar-refractivity contribution in [2.45, 2.75) is 20.0 Å². The van der Waals surface area contributed by atoms with Crippen LogP contribution in [0.5, 0.6) is 11.5 Å². The SMILES string of the molecule is COc1ccc(C(O)C(C)(C)C(=O)O)c(OC)c1. The molecule has 2 N–H and O–H groups in total. The first-order chi connectivity index (χ1) is 8.34. The van der Waals surface area contributed by atoms with Crippen molar-refractivity contribution in [3.63, 3.8) is 0 Å². The zero-order chi connectivity index (χ0) is 13.9. The van der Waals surface area contributed by atoms with Gasteiger partial charge in [-0.05, 0) is 26.0 Å². The minimum Gasteiger partial charge on any atom is -0.497 e. The second-order valence-corrected chi connectivity index (χ2v) is 4.54. The maximum Gasteiger partial charge on any atom is 0.312 e. The summed E-state index contributed by atoms with van der Waals surface area (Å²) in [7, 11) is 2.98. The van der Waals surface area contributed by atoms with E-state index in [0.717, 1.165) is 0 Å². The third-order valence-electron chi connectivity index (χ3n) is 2.97. The van der Waals surface area contributed by atoms with Crippen molar-refractivity contribution in [3.05, 3.63) is 23.8 Å². The molecule has 1 atom stereocenters. The van der Waals surface area contributed by atoms with Crippen LogP contribution in [0.15, 0.2) is 18.2 Å². The average molecular weight is 254 g/mol. The maximum atomic E-state index is 11.1. The summed E-state index contributed by atoms with van der Waals surface area (Å²) < 4.78 is 10.2. The van der Waals surface area contributed by atoms with Crippen LogP contribution in [0.3, 0.4) is 0 Å². The number of benzene rings is 1. The summed E-state index contributed by atoms with van der Waals surface area (Å²) in [6.45, 7) is 2.92. The lowest BCUT2D eigenvalue weighted by molar-refractivity contribution is -0.153. The van der Waals surface area contributed by atoms with E-state index >= 15 is 0 Å². The minimum atomic E-state index is -1.30. The number of hydrogen-bond donors (Lipinski definition) is 2. The quantitative estimate of drug-likeness (QED) is 0.838. The Hall–Kier alpha value is -1.75. The van der Waals surface area contributed by atoms with E-state index in [4.69, 9.17) is 14.6 Å². The van der Waals surface area contributed by atoms with Crippen molar-refractivity contribution in [1.29, 1.82) is 0 Å². The fourth-order valence-electron chi connectivity index (χ4n) is 1.55. The number of ether oxygens (including phenoxy) is 2. The van der Waals surface area contributed by atoms with E-state index in [1.165, 1.54) is 28.1 Å². The Bertz CT molecular complexity index is 439. The third kappa shape index (κ3) is 2.56. The third-order valence-corrected chi connectivity index (χ3v) is 2.97. The zero-order valence-corrected chi connectivity index (χ0v) is 10.9. The Morgan fingerprint density at radius 3 is 2.33 bits per heavy atom. The monoisotopic (exact) mass is 254 g/mol. The molecular weight excluding hydrogens is 236 g/mol. The summed E-state index contributed by atoms with van der Waals surface area (Å²) in [5, 5.41) is 19.3. The van der Waals surface area contributed by atoms with Crippen molar-refractivity contribution >= 4 is 5.97 Å². The van der Waals surface area contributed by atoms with Crippen LogP contribution in [0.1, 0.15) is 25.5 Å². The van der Waals surface area contributed by atoms with Gasteiger partial charge in [0.05, 0.1) is 25.7 Å². The molecule has 0 heterocycles. The van der Waals surface area contributed by atoms with Gasteiger partial charge in [0.2, 0.25) is 0 Å². The largest absolute Gasteiger partial charge is 0.497 e. The van der Waals surface area contributed by atoms with E-state index < -0.39 is 17.5 Å². The summed E-state index contributed by atoms with van der Waals surface area (Å²) >= 11 is 0. The second-order valence-electron chi connectivity index (χ2n) is 4.54. The van der Waals surface area contributed by atoms with Gasteiger partial charge in [0.25, 0.3) is 0 Å². The molecule has 0 saturated heterocycles. The molecule has 0 aromatic heterocycles. The molecule has 0 fully saturated rings. The Labute approximate surface area is 106 Å². The number of methoxy groups -OCH3 is 2. The summed E-state index contributed by atoms with van der Waals surface area (Å²) in [5.41, 5.74) is -0.882. The van der Waals surface area contributed by atoms with Gasteiger partial charge in [-0.15, -0.1) is 0 Å². The number of aliphatic hydroxyl groups excluding tert-OH is 1. The van der Waals surface area contributed by atoms with Gasteiger partial charge >= 0.3 is 5.97 Å². The number of rotatable bonds is 5. The van der Waals surface area contributed by atoms with Gasteiger partial charge in [-0.25, -0.2) is 0 Å². The molecule has 0 radical (unpaired) electrons. The van der Waals surface area contributed by atoms with Crippen LogP contribution in [0.4, 0.5) is 0 Å². The van der Waals surface area contributed by atoms with Gasteiger partial charge < -0.3 is 19.7 Å². The van der Waals surface area contributed by atoms with E-state index in [1.54, 1.807) is 18.2 Å². The van der Waals surface area contributed by atoms with Crippen LogP contribution >= 0.6 is 0 Å². The van der Waals surface area contributed by atoms with Crippen LogP contribution in [0.25, 0.3) is 0 Å². The van der Waals surface area contributed by atoms with E-state index in [2.05, 4.69) is 0 Å². The van der Waals surface area contributed by atoms with Gasteiger partial charge in [0.1, 0.15) is 11.5 Å². The minimum absolute atomic E-state index is 0.399. The highest BCUT2D eigenvalue weighted by Crippen LogP contribution is 2.39. The van der Waals surface area contributed by atoms with Gasteiger partial charge in [-0.2, -0.15) is 0 Å². The first-order valence-corrected chi connectivity index (χ1v) is 5.48. The highest BCUT2D eigenvalue weighted by atomic mass is 16.5. The molecule has 1 aromatic rings. The number of hydrogen-bond acceptors (Lipinski definition) is 4. The normalized spacial score (nSPS) is 12.9. The summed E-state index contributed by atoms with van der Waals surface area (Å²) in [5.74, 6) is -0.0972. The van der Waals surface area contributed by atoms with Crippen molar-refractivity contribution in [3.8, 4) is 11.5 Å². The van der Waals surface area contributed by atoms with Crippen molar-refractivity contribution in [2.24, 2.45) is 5.41 Å². The Balaban J connectivity index is 3.20. The number of carboxylic acid groups (broad SMARTS) is 1. The number of carboxylic acids is 1. The summed E-state index contributed by atoms with van der Waals surface area (Å²) in [6.07, 6.45) is -1.17. The lowest BCUT2D eigenvalue weighted by atomic mass is 9.82. The molecule has 18 heavy (non-hydrogen) atoms. The fraction of sp³-hybridized carbons (Fsp3) is 0.462. The number of aliphatic hydroxyl groups is 1. The zero-order valence-electron chi connectivity index (χ0n) is 10.9. The molecule has 0 aliphatic heterocycles. The molecule has 100 valence electrons. The van der Waals surface area contributed by atoms with Crippen molar-refractivity contribution < 1.29 is 24.5 Å². The molecule has 0 amide bonds. The van der Waals surface area contributed by atoms with E-state index in [0.29, 0.717) is 17.1 Å². The average Bonchev–Trinajstić information content (AvgIpc) is 2.36. The first kappa shape index (κ1) is 14.3. The van der Waals surface area contributed by atoms with Crippen LogP contribution in [0, 0.1) is 5.41 Å². The number of aliphatic carboxylic acids is 1. The standard InChI is InChI=1S/C13H18O5/c1-13(2,12(15)16)11(14)9-6-5-8(17-3)7-10(9)18-4/h5-7,11,14H,1-4H3,(H,15,16). The Morgan fingerprint density at radius 2 is 1.89 bits per heavy atom. The molecule has 1 aromatic carbocycles. The Morgan fingerprint density at radius 1 is 1.28 bits per heavy atom. The fourth-order valence-corrected chi connectivity index (χ4v) is 1.55. The lowest BCUT2D eigenvalue weighted by Gasteiger charge is -2.27. The summed E-state index contributed by atoms with van der Waals surface area (Å²) in [6, 6.07) is 4.86. The van der Waals surface area contributed by atoms with E-state index in [1.807, 2.05) is 0 Å². The summed E-state index contributed by atoms with van der Waals surface area (Å²) in [4.78, 5) is 11.1. The second kappa shape index (κ2) is 5.27. The molecule has 5 heteroatoms. The van der Waals surface area contributed by atoms with E-state index in [9.17, 15) is 9.90 Å². The molecular formula is C13H18O5. The molecule has 0 spiro atoms. The Kier molecular flexibility index (Phi) is 4.19. The topological polar surface area (TPSA) is 76.0 Å². The highest BCUT2D eigenvalue weighted by Gasteiger charge is 2.38.